The topological polar surface area (TPSA) is 101 Å². The van der Waals surface area contributed by atoms with Gasteiger partial charge in [-0.2, -0.15) is 0 Å². The molecule has 0 aliphatic carbocycles. The Morgan fingerprint density at radius 1 is 1.34 bits per heavy atom. The van der Waals surface area contributed by atoms with Gasteiger partial charge in [0.2, 0.25) is 5.91 Å². The van der Waals surface area contributed by atoms with Crippen molar-refractivity contribution < 1.29 is 23.5 Å². The van der Waals surface area contributed by atoms with Crippen LogP contribution in [0, 0.1) is 5.82 Å². The average Bonchev–Trinajstić information content (AvgIpc) is 2.92. The predicted molar refractivity (Wildman–Crippen MR) is 100 cm³/mol. The molecule has 2 aromatic rings. The van der Waals surface area contributed by atoms with Crippen molar-refractivity contribution in [3.63, 3.8) is 0 Å². The van der Waals surface area contributed by atoms with Crippen LogP contribution in [0.2, 0.25) is 0 Å². The largest absolute Gasteiger partial charge is 0.376 e. The molecule has 1 aromatic heterocycles. The monoisotopic (exact) mass is 398 g/mol. The molecular weight excluding hydrogens is 379 g/mol. The van der Waals surface area contributed by atoms with Gasteiger partial charge in [0.15, 0.2) is 0 Å². The second kappa shape index (κ2) is 7.25. The van der Waals surface area contributed by atoms with Gasteiger partial charge in [-0.15, -0.1) is 0 Å². The highest BCUT2D eigenvalue weighted by molar-refractivity contribution is 6.10. The number of imide groups is 1. The Morgan fingerprint density at radius 3 is 2.86 bits per heavy atom. The maximum Gasteiger partial charge on any atom is 0.325 e. The van der Waals surface area contributed by atoms with Gasteiger partial charge in [0.1, 0.15) is 17.9 Å². The summed E-state index contributed by atoms with van der Waals surface area (Å²) in [6.07, 6.45) is 2.25. The van der Waals surface area contributed by atoms with E-state index in [-0.39, 0.29) is 0 Å². The Hall–Kier alpha value is -3.33. The number of hydrogen-bond acceptors (Lipinski definition) is 5. The molecule has 2 N–H and O–H groups in total. The Kier molecular flexibility index (Phi) is 4.75. The van der Waals surface area contributed by atoms with Crippen LogP contribution >= 0.6 is 0 Å². The molecule has 8 nitrogen and oxygen atoms in total. The fourth-order valence-electron chi connectivity index (χ4n) is 3.47. The summed E-state index contributed by atoms with van der Waals surface area (Å²) >= 11 is 0. The summed E-state index contributed by atoms with van der Waals surface area (Å²) in [5.41, 5.74) is 1.36. The van der Waals surface area contributed by atoms with Crippen LogP contribution in [-0.4, -0.2) is 40.9 Å². The number of nitrogens with zero attached hydrogens (tertiary/aromatic N) is 2. The number of pyridine rings is 1. The van der Waals surface area contributed by atoms with Crippen molar-refractivity contribution in [2.24, 2.45) is 0 Å². The molecule has 9 heteroatoms. The van der Waals surface area contributed by atoms with Gasteiger partial charge in [-0.25, -0.2) is 9.18 Å². The third-order valence-electron chi connectivity index (χ3n) is 5.08. The smallest absolute Gasteiger partial charge is 0.325 e. The van der Waals surface area contributed by atoms with Gasteiger partial charge in [0, 0.05) is 17.7 Å². The number of ether oxygens (including phenoxy) is 1. The molecule has 4 rings (SSSR count). The number of benzene rings is 1. The summed E-state index contributed by atoms with van der Waals surface area (Å²) in [5, 5.41) is 5.24. The van der Waals surface area contributed by atoms with Crippen molar-refractivity contribution in [3.8, 4) is 0 Å². The van der Waals surface area contributed by atoms with Crippen LogP contribution in [0.4, 0.5) is 14.9 Å². The van der Waals surface area contributed by atoms with E-state index in [0.29, 0.717) is 30.9 Å². The molecule has 29 heavy (non-hydrogen) atoms. The summed E-state index contributed by atoms with van der Waals surface area (Å²) in [4.78, 5) is 42.8. The first-order valence-corrected chi connectivity index (χ1v) is 9.12. The molecule has 0 spiro atoms. The maximum atomic E-state index is 13.2. The average molecular weight is 398 g/mol. The zero-order valence-corrected chi connectivity index (χ0v) is 15.7. The number of fused-ring (bicyclic) bond motifs is 1. The summed E-state index contributed by atoms with van der Waals surface area (Å²) in [6.45, 7) is 2.11. The van der Waals surface area contributed by atoms with Crippen LogP contribution in [0.1, 0.15) is 23.7 Å². The van der Waals surface area contributed by atoms with E-state index in [2.05, 4.69) is 15.6 Å². The van der Waals surface area contributed by atoms with E-state index in [1.807, 2.05) is 0 Å². The second-order valence-electron chi connectivity index (χ2n) is 7.13. The van der Waals surface area contributed by atoms with E-state index in [4.69, 9.17) is 4.74 Å². The first kappa shape index (κ1) is 19.0. The van der Waals surface area contributed by atoms with Crippen molar-refractivity contribution in [3.05, 3.63) is 59.2 Å². The number of halogens is 1. The molecule has 2 aliphatic rings. The van der Waals surface area contributed by atoms with Crippen molar-refractivity contribution in [2.75, 3.05) is 18.5 Å². The summed E-state index contributed by atoms with van der Waals surface area (Å²) < 4.78 is 18.6. The van der Waals surface area contributed by atoms with Gasteiger partial charge < -0.3 is 15.4 Å². The van der Waals surface area contributed by atoms with Crippen LogP contribution in [0.3, 0.4) is 0 Å². The summed E-state index contributed by atoms with van der Waals surface area (Å²) in [6, 6.07) is 6.36. The minimum absolute atomic E-state index is 0.426. The quantitative estimate of drug-likeness (QED) is 0.764. The zero-order chi connectivity index (χ0) is 20.6. The van der Waals surface area contributed by atoms with E-state index in [1.54, 1.807) is 6.07 Å². The van der Waals surface area contributed by atoms with Gasteiger partial charge in [-0.05, 0) is 30.7 Å². The highest BCUT2D eigenvalue weighted by atomic mass is 19.1. The maximum absolute atomic E-state index is 13.2. The number of urea groups is 1. The minimum atomic E-state index is -1.37. The normalized spacial score (nSPS) is 21.0. The molecule has 0 saturated carbocycles. The fourth-order valence-corrected chi connectivity index (χ4v) is 3.47. The SMILES string of the molecule is C[C@@]1(c2ccc(F)cc2)NC(=O)N(CC(=O)Nc2cnc3c(c2)COCC3)C1=O. The first-order valence-electron chi connectivity index (χ1n) is 9.12. The lowest BCUT2D eigenvalue weighted by molar-refractivity contribution is -0.133. The van der Waals surface area contributed by atoms with Crippen molar-refractivity contribution in [1.82, 2.24) is 15.2 Å². The van der Waals surface area contributed by atoms with Gasteiger partial charge in [-0.3, -0.25) is 19.5 Å². The Balaban J connectivity index is 1.46. The summed E-state index contributed by atoms with van der Waals surface area (Å²) in [7, 11) is 0. The van der Waals surface area contributed by atoms with Crippen molar-refractivity contribution in [2.45, 2.75) is 25.5 Å². The molecule has 4 amide bonds. The number of carbonyl (C=O) groups excluding carboxylic acids is 3. The van der Waals surface area contributed by atoms with Crippen LogP contribution in [-0.2, 0) is 32.9 Å². The van der Waals surface area contributed by atoms with Crippen molar-refractivity contribution in [1.29, 1.82) is 0 Å². The number of carbonyl (C=O) groups is 3. The van der Waals surface area contributed by atoms with Crippen LogP contribution in [0.5, 0.6) is 0 Å². The molecule has 1 fully saturated rings. The minimum Gasteiger partial charge on any atom is -0.376 e. The molecule has 1 atom stereocenters. The molecule has 0 radical (unpaired) electrons. The highest BCUT2D eigenvalue weighted by Gasteiger charge is 2.49. The van der Waals surface area contributed by atoms with Crippen LogP contribution in [0.15, 0.2) is 36.5 Å². The van der Waals surface area contributed by atoms with E-state index in [9.17, 15) is 18.8 Å². The molecule has 2 aliphatic heterocycles. The number of amides is 4. The van der Waals surface area contributed by atoms with Crippen LogP contribution < -0.4 is 10.6 Å². The molecule has 0 unspecified atom stereocenters. The number of nitrogens with one attached hydrogen (secondary N) is 2. The lowest BCUT2D eigenvalue weighted by Crippen LogP contribution is -2.42. The predicted octanol–water partition coefficient (Wildman–Crippen LogP) is 1.70. The number of aromatic nitrogens is 1. The van der Waals surface area contributed by atoms with E-state index >= 15 is 0 Å². The van der Waals surface area contributed by atoms with E-state index in [1.165, 1.54) is 37.4 Å². The number of rotatable bonds is 4. The Bertz CT molecular complexity index is 994. The zero-order valence-electron chi connectivity index (χ0n) is 15.7. The van der Waals surface area contributed by atoms with Gasteiger partial charge in [0.25, 0.3) is 5.91 Å². The Morgan fingerprint density at radius 2 is 2.10 bits per heavy atom. The molecule has 1 saturated heterocycles. The first-order chi connectivity index (χ1) is 13.9. The lowest BCUT2D eigenvalue weighted by Gasteiger charge is -2.22. The van der Waals surface area contributed by atoms with E-state index < -0.39 is 35.7 Å². The van der Waals surface area contributed by atoms with Gasteiger partial charge in [0.05, 0.1) is 25.1 Å². The second-order valence-corrected chi connectivity index (χ2v) is 7.13. The van der Waals surface area contributed by atoms with E-state index in [0.717, 1.165) is 16.2 Å². The summed E-state index contributed by atoms with van der Waals surface area (Å²) in [5.74, 6) is -1.56. The lowest BCUT2D eigenvalue weighted by atomic mass is 9.92. The van der Waals surface area contributed by atoms with Crippen LogP contribution in [0.25, 0.3) is 0 Å². The van der Waals surface area contributed by atoms with Gasteiger partial charge in [-0.1, -0.05) is 12.1 Å². The third-order valence-corrected chi connectivity index (χ3v) is 5.08. The molecule has 0 bridgehead atoms. The molecule has 150 valence electrons. The number of anilines is 1. The highest BCUT2D eigenvalue weighted by Crippen LogP contribution is 2.29. The molecular formula is C20H19FN4O4. The standard InChI is InChI=1S/C20H19FN4O4/c1-20(13-2-4-14(21)5-3-13)18(27)25(19(28)24-20)10-17(26)23-15-8-12-11-29-7-6-16(12)22-9-15/h2-5,8-9H,6-7,10-11H2,1H3,(H,23,26)(H,24,28)/t20-/m0/s1. The molecule has 3 heterocycles. The third kappa shape index (κ3) is 3.56. The Labute approximate surface area is 166 Å². The fraction of sp³-hybridized carbons (Fsp3) is 0.300. The van der Waals surface area contributed by atoms with Crippen molar-refractivity contribution >= 4 is 23.5 Å². The molecule has 1 aromatic carbocycles. The van der Waals surface area contributed by atoms with Gasteiger partial charge >= 0.3 is 6.03 Å². The number of hydrogen-bond donors (Lipinski definition) is 2.